The number of aliphatic carboxylic acids is 1. The second kappa shape index (κ2) is 11.6. The standard InChI is InChI=1S/C26H29N3O5S/c1-3-18-10-14-23(15-11-18)35(33,34)29-24(25(30)31)16-19-8-12-20(13-9-19)21-6-5-7-22(17-21)28-26(32)27-4-2/h5-15,17,24,29H,3-4,16H2,1-2H3,(H,30,31)(H2,27,28,32). The molecular formula is C26H29N3O5S. The van der Waals surface area contributed by atoms with Gasteiger partial charge in [0.2, 0.25) is 10.0 Å². The number of hydrogen-bond acceptors (Lipinski definition) is 4. The number of aryl methyl sites for hydroxylation is 1. The Hall–Kier alpha value is -3.69. The number of urea groups is 1. The van der Waals surface area contributed by atoms with Gasteiger partial charge >= 0.3 is 12.0 Å². The lowest BCUT2D eigenvalue weighted by atomic mass is 10.0. The van der Waals surface area contributed by atoms with Crippen molar-refractivity contribution in [1.82, 2.24) is 10.0 Å². The van der Waals surface area contributed by atoms with E-state index in [1.807, 2.05) is 44.2 Å². The molecule has 1 atom stereocenters. The number of carbonyl (C=O) groups is 2. The van der Waals surface area contributed by atoms with E-state index >= 15 is 0 Å². The Labute approximate surface area is 205 Å². The van der Waals surface area contributed by atoms with Gasteiger partial charge in [-0.05, 0) is 66.3 Å². The van der Waals surface area contributed by atoms with Crippen LogP contribution in [0, 0.1) is 0 Å². The van der Waals surface area contributed by atoms with E-state index in [0.29, 0.717) is 17.8 Å². The minimum absolute atomic E-state index is 0.0132. The predicted octanol–water partition coefficient (Wildman–Crippen LogP) is 4.03. The minimum Gasteiger partial charge on any atom is -0.480 e. The van der Waals surface area contributed by atoms with E-state index in [1.54, 1.807) is 30.3 Å². The number of amides is 2. The van der Waals surface area contributed by atoms with Crippen molar-refractivity contribution in [2.45, 2.75) is 37.6 Å². The Kier molecular flexibility index (Phi) is 8.62. The minimum atomic E-state index is -3.99. The molecule has 2 amide bonds. The van der Waals surface area contributed by atoms with Gasteiger partial charge in [0.15, 0.2) is 0 Å². The summed E-state index contributed by atoms with van der Waals surface area (Å²) in [6.45, 7) is 4.32. The lowest BCUT2D eigenvalue weighted by Gasteiger charge is -2.15. The molecule has 184 valence electrons. The maximum Gasteiger partial charge on any atom is 0.322 e. The SMILES string of the molecule is CCNC(=O)Nc1cccc(-c2ccc(CC(NS(=O)(=O)c3ccc(CC)cc3)C(=O)O)cc2)c1. The van der Waals surface area contributed by atoms with Gasteiger partial charge in [0.25, 0.3) is 0 Å². The van der Waals surface area contributed by atoms with E-state index in [-0.39, 0.29) is 17.3 Å². The van der Waals surface area contributed by atoms with Crippen molar-refractivity contribution in [3.8, 4) is 11.1 Å². The average Bonchev–Trinajstić information content (AvgIpc) is 2.84. The number of nitrogens with one attached hydrogen (secondary N) is 3. The number of sulfonamides is 1. The van der Waals surface area contributed by atoms with Crippen molar-refractivity contribution in [2.75, 3.05) is 11.9 Å². The van der Waals surface area contributed by atoms with Crippen LogP contribution in [0.4, 0.5) is 10.5 Å². The summed E-state index contributed by atoms with van der Waals surface area (Å²) in [5.41, 5.74) is 4.05. The molecule has 0 aromatic heterocycles. The summed E-state index contributed by atoms with van der Waals surface area (Å²) < 4.78 is 27.7. The first-order valence-corrected chi connectivity index (χ1v) is 12.8. The van der Waals surface area contributed by atoms with Gasteiger partial charge in [0, 0.05) is 12.2 Å². The highest BCUT2D eigenvalue weighted by Crippen LogP contribution is 2.24. The summed E-state index contributed by atoms with van der Waals surface area (Å²) in [4.78, 5) is 23.6. The van der Waals surface area contributed by atoms with Gasteiger partial charge in [-0.25, -0.2) is 13.2 Å². The molecule has 1 unspecified atom stereocenters. The molecule has 0 spiro atoms. The average molecular weight is 496 g/mol. The molecule has 4 N–H and O–H groups in total. The fourth-order valence-electron chi connectivity index (χ4n) is 3.52. The van der Waals surface area contributed by atoms with Crippen molar-refractivity contribution < 1.29 is 23.1 Å². The van der Waals surface area contributed by atoms with E-state index in [0.717, 1.165) is 23.1 Å². The maximum absolute atomic E-state index is 12.7. The molecule has 8 nitrogen and oxygen atoms in total. The summed E-state index contributed by atoms with van der Waals surface area (Å²) in [6, 6.07) is 19.3. The number of anilines is 1. The van der Waals surface area contributed by atoms with Crippen LogP contribution in [-0.4, -0.2) is 38.1 Å². The van der Waals surface area contributed by atoms with Crippen LogP contribution in [0.5, 0.6) is 0 Å². The largest absolute Gasteiger partial charge is 0.480 e. The molecule has 3 aromatic carbocycles. The Morgan fingerprint density at radius 1 is 0.886 bits per heavy atom. The summed E-state index contributed by atoms with van der Waals surface area (Å²) in [7, 11) is -3.99. The van der Waals surface area contributed by atoms with Gasteiger partial charge in [-0.15, -0.1) is 0 Å². The van der Waals surface area contributed by atoms with Gasteiger partial charge in [0.05, 0.1) is 4.90 Å². The Bertz CT molecular complexity index is 1270. The first kappa shape index (κ1) is 25.9. The van der Waals surface area contributed by atoms with Crippen molar-refractivity contribution in [3.05, 3.63) is 83.9 Å². The molecule has 3 aromatic rings. The molecule has 0 saturated heterocycles. The van der Waals surface area contributed by atoms with Gasteiger partial charge in [-0.2, -0.15) is 4.72 Å². The van der Waals surface area contributed by atoms with Crippen molar-refractivity contribution in [1.29, 1.82) is 0 Å². The van der Waals surface area contributed by atoms with Gasteiger partial charge in [0.1, 0.15) is 6.04 Å². The highest BCUT2D eigenvalue weighted by molar-refractivity contribution is 7.89. The molecule has 35 heavy (non-hydrogen) atoms. The Morgan fingerprint density at radius 3 is 2.14 bits per heavy atom. The molecular weight excluding hydrogens is 466 g/mol. The summed E-state index contributed by atoms with van der Waals surface area (Å²) in [5.74, 6) is -1.26. The van der Waals surface area contributed by atoms with Crippen LogP contribution in [-0.2, 0) is 27.7 Å². The molecule has 0 aliphatic carbocycles. The van der Waals surface area contributed by atoms with Gasteiger partial charge < -0.3 is 15.7 Å². The molecule has 0 fully saturated rings. The zero-order chi connectivity index (χ0) is 25.4. The fourth-order valence-corrected chi connectivity index (χ4v) is 4.71. The monoisotopic (exact) mass is 495 g/mol. The smallest absolute Gasteiger partial charge is 0.322 e. The van der Waals surface area contributed by atoms with Crippen LogP contribution in [0.25, 0.3) is 11.1 Å². The van der Waals surface area contributed by atoms with Gasteiger partial charge in [-0.3, -0.25) is 4.79 Å². The third-order valence-electron chi connectivity index (χ3n) is 5.42. The van der Waals surface area contributed by atoms with Crippen LogP contribution in [0.2, 0.25) is 0 Å². The van der Waals surface area contributed by atoms with E-state index in [2.05, 4.69) is 15.4 Å². The molecule has 0 aliphatic heterocycles. The lowest BCUT2D eigenvalue weighted by Crippen LogP contribution is -2.42. The number of hydrogen-bond donors (Lipinski definition) is 4. The molecule has 0 heterocycles. The first-order chi connectivity index (χ1) is 16.7. The lowest BCUT2D eigenvalue weighted by molar-refractivity contribution is -0.138. The predicted molar refractivity (Wildman–Crippen MR) is 136 cm³/mol. The third kappa shape index (κ3) is 7.14. The highest BCUT2D eigenvalue weighted by Gasteiger charge is 2.25. The topological polar surface area (TPSA) is 125 Å². The van der Waals surface area contributed by atoms with Crippen LogP contribution in [0.15, 0.2) is 77.7 Å². The molecule has 3 rings (SSSR count). The molecule has 0 aliphatic rings. The summed E-state index contributed by atoms with van der Waals surface area (Å²) >= 11 is 0. The van der Waals surface area contributed by atoms with E-state index in [9.17, 15) is 23.1 Å². The quantitative estimate of drug-likeness (QED) is 0.338. The zero-order valence-electron chi connectivity index (χ0n) is 19.6. The van der Waals surface area contributed by atoms with Crippen LogP contribution >= 0.6 is 0 Å². The van der Waals surface area contributed by atoms with E-state index < -0.39 is 22.0 Å². The van der Waals surface area contributed by atoms with Crippen molar-refractivity contribution in [3.63, 3.8) is 0 Å². The van der Waals surface area contributed by atoms with E-state index in [4.69, 9.17) is 0 Å². The first-order valence-electron chi connectivity index (χ1n) is 11.3. The number of rotatable bonds is 10. The fraction of sp³-hybridized carbons (Fsp3) is 0.231. The Morgan fingerprint density at radius 2 is 1.54 bits per heavy atom. The van der Waals surface area contributed by atoms with Crippen molar-refractivity contribution in [2.24, 2.45) is 0 Å². The number of carboxylic acids is 1. The number of carbonyl (C=O) groups excluding carboxylic acids is 1. The van der Waals surface area contributed by atoms with Crippen LogP contribution in [0.3, 0.4) is 0 Å². The summed E-state index contributed by atoms with van der Waals surface area (Å²) in [5, 5.41) is 15.1. The molecule has 0 saturated carbocycles. The van der Waals surface area contributed by atoms with Crippen molar-refractivity contribution >= 4 is 27.7 Å². The second-order valence-electron chi connectivity index (χ2n) is 7.98. The van der Waals surface area contributed by atoms with Gasteiger partial charge in [-0.1, -0.05) is 55.5 Å². The number of carboxylic acid groups (broad SMARTS) is 1. The molecule has 9 heteroatoms. The normalized spacial score (nSPS) is 12.1. The second-order valence-corrected chi connectivity index (χ2v) is 9.69. The van der Waals surface area contributed by atoms with Crippen LogP contribution < -0.4 is 15.4 Å². The zero-order valence-corrected chi connectivity index (χ0v) is 20.4. The highest BCUT2D eigenvalue weighted by atomic mass is 32.2. The van der Waals surface area contributed by atoms with Crippen LogP contribution in [0.1, 0.15) is 25.0 Å². The molecule has 0 bridgehead atoms. The summed E-state index contributed by atoms with van der Waals surface area (Å²) in [6.07, 6.45) is 0.761. The van der Waals surface area contributed by atoms with E-state index in [1.165, 1.54) is 12.1 Å². The Balaban J connectivity index is 1.72. The molecule has 0 radical (unpaired) electrons. The maximum atomic E-state index is 12.7. The third-order valence-corrected chi connectivity index (χ3v) is 6.91. The number of benzene rings is 3.